The molecule has 4 saturated heterocycles. The van der Waals surface area contributed by atoms with Gasteiger partial charge in [0.05, 0.1) is 36.7 Å². The average molecular weight is 1400 g/mol. The third-order valence-electron chi connectivity index (χ3n) is 15.6. The lowest BCUT2D eigenvalue weighted by molar-refractivity contribution is -0.201. The first-order valence-electron chi connectivity index (χ1n) is 30.6. The van der Waals surface area contributed by atoms with Gasteiger partial charge >= 0.3 is 12.2 Å². The Hall–Kier alpha value is -3.78. The van der Waals surface area contributed by atoms with Crippen molar-refractivity contribution in [3.05, 3.63) is 71.8 Å². The predicted octanol–water partition coefficient (Wildman–Crippen LogP) is 13.7. The van der Waals surface area contributed by atoms with Crippen LogP contribution in [-0.2, 0) is 37.9 Å². The number of hydrogen-bond acceptors (Lipinski definition) is 14. The summed E-state index contributed by atoms with van der Waals surface area (Å²) in [5.74, 6) is 0.359. The van der Waals surface area contributed by atoms with Gasteiger partial charge in [0.1, 0.15) is 47.0 Å². The maximum Gasteiger partial charge on any atom is 0.417 e. The van der Waals surface area contributed by atoms with Gasteiger partial charge in [-0.3, -0.25) is 9.59 Å². The molecule has 6 aliphatic rings. The molecule has 4 amide bonds. The number of alkyl halides is 2. The number of amides is 4. The normalized spacial score (nSPS) is 24.3. The van der Waals surface area contributed by atoms with Crippen LogP contribution in [0.2, 0.25) is 0 Å². The second kappa shape index (κ2) is 32.4. The summed E-state index contributed by atoms with van der Waals surface area (Å²) in [5, 5.41) is 0. The molecular weight excluding hydrogens is 1300 g/mol. The first kappa shape index (κ1) is 67.7. The summed E-state index contributed by atoms with van der Waals surface area (Å²) in [4.78, 5) is 64.0. The highest BCUT2D eigenvalue weighted by Gasteiger charge is 2.55. The molecule has 4 unspecified atom stereocenters. The van der Waals surface area contributed by atoms with E-state index in [1.165, 1.54) is 71.4 Å². The van der Waals surface area contributed by atoms with Crippen LogP contribution in [0, 0.1) is 0 Å². The molecule has 2 aromatic rings. The first-order chi connectivity index (χ1) is 40.3. The zero-order valence-electron chi connectivity index (χ0n) is 51.1. The summed E-state index contributed by atoms with van der Waals surface area (Å²) < 4.78 is 64.7. The van der Waals surface area contributed by atoms with Crippen LogP contribution in [0.3, 0.4) is 0 Å². The van der Waals surface area contributed by atoms with Crippen molar-refractivity contribution >= 4 is 80.6 Å². The summed E-state index contributed by atoms with van der Waals surface area (Å²) in [6, 6.07) is 8.63. The Morgan fingerprint density at radius 1 is 0.560 bits per heavy atom. The lowest BCUT2D eigenvalue weighted by Gasteiger charge is -2.40. The van der Waals surface area contributed by atoms with Crippen molar-refractivity contribution in [2.24, 2.45) is 0 Å². The van der Waals surface area contributed by atoms with E-state index in [2.05, 4.69) is 58.3 Å². The fourth-order valence-electron chi connectivity index (χ4n) is 11.5. The Balaban J connectivity index is 0.000000925. The van der Waals surface area contributed by atoms with E-state index < -0.39 is 72.7 Å². The van der Waals surface area contributed by atoms with Gasteiger partial charge in [0.15, 0.2) is 25.0 Å². The van der Waals surface area contributed by atoms with E-state index in [0.717, 1.165) is 64.2 Å². The third-order valence-corrected chi connectivity index (χ3v) is 17.1. The van der Waals surface area contributed by atoms with Crippen LogP contribution in [0.15, 0.2) is 60.7 Å². The summed E-state index contributed by atoms with van der Waals surface area (Å²) in [5.41, 5.74) is 1.01. The SMILES string of the molecule is C=C1CN2C(=O)c3cc(OC)ccc3N(C(=O)OC(C)(C)C)[C@@H](OC3CCCCO3)[C@@H]2C1OCCCCCCCCOC1C(=C)CN2C(=O)c3cc(OC)ccc3N(C(=O)OC(C)(C)C)[C@@H](OC3CCCCO3)[C@H]12.ICCCCCCCCI. The largest absolute Gasteiger partial charge is 0.497 e. The molecule has 0 spiro atoms. The van der Waals surface area contributed by atoms with Crippen LogP contribution in [0.1, 0.15) is 178 Å². The monoisotopic (exact) mass is 1400 g/mol. The molecule has 8 rings (SSSR count). The van der Waals surface area contributed by atoms with Gasteiger partial charge < -0.3 is 57.2 Å². The molecule has 2 aromatic carbocycles. The number of unbranched alkanes of at least 4 members (excludes halogenated alkanes) is 10. The van der Waals surface area contributed by atoms with E-state index >= 15 is 0 Å². The van der Waals surface area contributed by atoms with E-state index in [1.54, 1.807) is 87.7 Å². The van der Waals surface area contributed by atoms with Gasteiger partial charge in [-0.05, 0) is 162 Å². The van der Waals surface area contributed by atoms with Crippen LogP contribution in [0.5, 0.6) is 11.5 Å². The fraction of sp³-hybridized carbons (Fsp3) is 0.688. The average Bonchev–Trinajstić information content (AvgIpc) is 1.82. The van der Waals surface area contributed by atoms with Gasteiger partial charge in [0.25, 0.3) is 11.8 Å². The number of methoxy groups -OCH3 is 2. The third kappa shape index (κ3) is 18.2. The molecule has 4 fully saturated rings. The molecule has 0 aliphatic carbocycles. The van der Waals surface area contributed by atoms with Crippen LogP contribution in [0.25, 0.3) is 0 Å². The van der Waals surface area contributed by atoms with Gasteiger partial charge in [-0.25, -0.2) is 19.4 Å². The highest BCUT2D eigenvalue weighted by molar-refractivity contribution is 14.1. The molecule has 6 heterocycles. The minimum atomic E-state index is -1.01. The van der Waals surface area contributed by atoms with Crippen LogP contribution in [0.4, 0.5) is 21.0 Å². The number of anilines is 2. The number of carbonyl (C=O) groups excluding carboxylic acids is 4. The minimum Gasteiger partial charge on any atom is -0.497 e. The smallest absolute Gasteiger partial charge is 0.417 e. The number of hydrogen-bond donors (Lipinski definition) is 0. The highest BCUT2D eigenvalue weighted by atomic mass is 127. The fourth-order valence-corrected chi connectivity index (χ4v) is 12.6. The van der Waals surface area contributed by atoms with Crippen LogP contribution < -0.4 is 19.3 Å². The zero-order chi connectivity index (χ0) is 60.6. The molecule has 0 N–H and O–H groups in total. The second-order valence-corrected chi connectivity index (χ2v) is 26.6. The highest BCUT2D eigenvalue weighted by Crippen LogP contribution is 2.44. The lowest BCUT2D eigenvalue weighted by atomic mass is 10.1. The van der Waals surface area contributed by atoms with E-state index in [4.69, 9.17) is 47.4 Å². The topological polar surface area (TPSA) is 174 Å². The first-order valence-corrected chi connectivity index (χ1v) is 33.6. The molecule has 84 heavy (non-hydrogen) atoms. The Kier molecular flexibility index (Phi) is 26.2. The van der Waals surface area contributed by atoms with Crippen LogP contribution in [-0.4, -0.2) is 157 Å². The van der Waals surface area contributed by atoms with Crippen molar-refractivity contribution in [3.8, 4) is 11.5 Å². The van der Waals surface area contributed by atoms with Crippen molar-refractivity contribution in [2.75, 3.05) is 72.4 Å². The molecule has 0 radical (unpaired) electrons. The van der Waals surface area contributed by atoms with Crippen molar-refractivity contribution in [1.82, 2.24) is 9.80 Å². The van der Waals surface area contributed by atoms with E-state index in [0.29, 0.717) is 73.3 Å². The van der Waals surface area contributed by atoms with Gasteiger partial charge in [-0.2, -0.15) is 0 Å². The summed E-state index contributed by atoms with van der Waals surface area (Å²) in [7, 11) is 3.06. The minimum absolute atomic E-state index is 0.219. The second-order valence-electron chi connectivity index (χ2n) is 24.5. The number of fused-ring (bicyclic) bond motifs is 4. The van der Waals surface area contributed by atoms with Gasteiger partial charge in [-0.15, -0.1) is 0 Å². The number of rotatable bonds is 24. The van der Waals surface area contributed by atoms with Crippen LogP contribution >= 0.6 is 45.2 Å². The summed E-state index contributed by atoms with van der Waals surface area (Å²) in [6.07, 6.45) is 12.9. The number of ether oxygens (including phenoxy) is 10. The quantitative estimate of drug-likeness (QED) is 0.0420. The predicted molar refractivity (Wildman–Crippen MR) is 341 cm³/mol. The van der Waals surface area contributed by atoms with E-state index in [1.807, 2.05) is 0 Å². The number of halogens is 2. The zero-order valence-corrected chi connectivity index (χ0v) is 55.5. The number of benzene rings is 2. The van der Waals surface area contributed by atoms with Crippen molar-refractivity contribution in [1.29, 1.82) is 0 Å². The molecule has 20 heteroatoms. The molecule has 0 bridgehead atoms. The van der Waals surface area contributed by atoms with E-state index in [9.17, 15) is 19.2 Å². The maximum absolute atomic E-state index is 14.5. The molecular formula is C64H94I2N4O14. The van der Waals surface area contributed by atoms with Crippen molar-refractivity contribution < 1.29 is 66.5 Å². The molecule has 8 atom stereocenters. The van der Waals surface area contributed by atoms with Gasteiger partial charge in [-0.1, -0.05) is 110 Å². The summed E-state index contributed by atoms with van der Waals surface area (Å²) in [6.45, 7) is 21.8. The van der Waals surface area contributed by atoms with Crippen molar-refractivity contribution in [2.45, 2.75) is 218 Å². The van der Waals surface area contributed by atoms with Gasteiger partial charge in [0.2, 0.25) is 0 Å². The Bertz CT molecular complexity index is 2340. The lowest BCUT2D eigenvalue weighted by Crippen LogP contribution is -2.58. The molecule has 468 valence electrons. The molecule has 0 aromatic heterocycles. The molecule has 0 saturated carbocycles. The van der Waals surface area contributed by atoms with E-state index in [-0.39, 0.29) is 36.0 Å². The van der Waals surface area contributed by atoms with Crippen molar-refractivity contribution in [3.63, 3.8) is 0 Å². The molecule has 6 aliphatic heterocycles. The number of carbonyl (C=O) groups is 4. The van der Waals surface area contributed by atoms with Gasteiger partial charge in [0, 0.05) is 39.5 Å². The standard InChI is InChI=1S/C56H78N4O14.C8H16I2/c1-35-33-57-45(51(71-43-21-15-19-27-67-43)59(53(63)73-55(3,4)5)41-25-23-37(65-9)31-39(41)49(57)61)47(35)69-29-17-13-11-12-14-18-30-70-48-36(2)34-58-46(48)52(72-44-22-16-20-28-68-44)60(54(64)74-56(6,7)8)42-26-24-38(66-10)32-40(42)50(58)62;9-7-5-3-1-2-4-6-8-10/h23-26,31-32,43-48,51-52H,1-2,11-22,27-30,33-34H2,3-10H3;1-8H2/t43?,44?,45-,46-,47?,48?,51-,52-;/m0./s1. The Morgan fingerprint density at radius 3 is 1.26 bits per heavy atom. The molecule has 18 nitrogen and oxygen atoms in total. The summed E-state index contributed by atoms with van der Waals surface area (Å²) >= 11 is 4.91. The maximum atomic E-state index is 14.5. The Morgan fingerprint density at radius 2 is 0.929 bits per heavy atom. The number of nitrogens with zero attached hydrogens (tertiary/aromatic N) is 4. The Labute approximate surface area is 526 Å².